The molecule has 0 aromatic carbocycles. The Morgan fingerprint density at radius 2 is 1.37 bits per heavy atom. The van der Waals surface area contributed by atoms with E-state index in [1.54, 1.807) is 0 Å². The largest absolute Gasteiger partial charge is 0.296 e. The number of ketones is 2. The molecule has 19 heavy (non-hydrogen) atoms. The summed E-state index contributed by atoms with van der Waals surface area (Å²) in [4.78, 5) is 22.2. The smallest absolute Gasteiger partial charge is 0.201 e. The van der Waals surface area contributed by atoms with Crippen molar-refractivity contribution in [1.82, 2.24) is 0 Å². The fourth-order valence-electron chi connectivity index (χ4n) is 4.78. The molecule has 0 N–H and O–H groups in total. The molecule has 0 amide bonds. The molecular formula is C12H9Cl5O2. The number of carbonyl (C=O) groups excluding carboxylic acids is 2. The van der Waals surface area contributed by atoms with Crippen LogP contribution in [0.3, 0.4) is 0 Å². The van der Waals surface area contributed by atoms with Crippen LogP contribution in [0.4, 0.5) is 0 Å². The van der Waals surface area contributed by atoms with Crippen molar-refractivity contribution >= 4 is 69.6 Å². The summed E-state index contributed by atoms with van der Waals surface area (Å²) in [6.45, 7) is 0. The first-order chi connectivity index (χ1) is 8.68. The standard InChI is InChI=1S/C12H9Cl5O2/c13-7-8(18)10(14)5-3-1-4(2-3)6(5)11(10,15)9(19)12(7,16)17/h3-7H,1-2H2/t3?,4?,5-,6+,7?,10?,11?/m0/s1. The number of rotatable bonds is 0. The average Bonchev–Trinajstić information content (AvgIpc) is 2.85. The van der Waals surface area contributed by atoms with Crippen molar-refractivity contribution in [2.75, 3.05) is 0 Å². The second-order valence-electron chi connectivity index (χ2n) is 6.15. The van der Waals surface area contributed by atoms with Crippen molar-refractivity contribution in [3.63, 3.8) is 0 Å². The molecule has 5 aliphatic carbocycles. The van der Waals surface area contributed by atoms with E-state index in [1.807, 2.05) is 0 Å². The van der Waals surface area contributed by atoms with E-state index in [0.29, 0.717) is 11.8 Å². The molecule has 0 heterocycles. The minimum atomic E-state index is -1.99. The van der Waals surface area contributed by atoms with E-state index >= 15 is 0 Å². The Labute approximate surface area is 135 Å². The third kappa shape index (κ3) is 1.09. The van der Waals surface area contributed by atoms with E-state index in [-0.39, 0.29) is 11.8 Å². The second kappa shape index (κ2) is 3.41. The number of fused-ring (bicyclic) bond motifs is 1. The molecule has 5 aliphatic rings. The molecule has 0 aromatic rings. The van der Waals surface area contributed by atoms with E-state index in [1.165, 1.54) is 0 Å². The van der Waals surface area contributed by atoms with Gasteiger partial charge in [-0.2, -0.15) is 0 Å². The van der Waals surface area contributed by atoms with Crippen LogP contribution in [-0.4, -0.2) is 31.0 Å². The van der Waals surface area contributed by atoms with Gasteiger partial charge in [-0.1, -0.05) is 23.2 Å². The summed E-state index contributed by atoms with van der Waals surface area (Å²) < 4.78 is -1.99. The van der Waals surface area contributed by atoms with Gasteiger partial charge in [-0.3, -0.25) is 9.59 Å². The lowest BCUT2D eigenvalue weighted by Crippen LogP contribution is -2.82. The van der Waals surface area contributed by atoms with Crippen LogP contribution in [0.5, 0.6) is 0 Å². The van der Waals surface area contributed by atoms with E-state index in [2.05, 4.69) is 0 Å². The van der Waals surface area contributed by atoms with Gasteiger partial charge in [0.2, 0.25) is 4.33 Å². The van der Waals surface area contributed by atoms with Crippen LogP contribution in [-0.2, 0) is 9.59 Å². The lowest BCUT2D eigenvalue weighted by molar-refractivity contribution is -0.148. The van der Waals surface area contributed by atoms with Crippen LogP contribution >= 0.6 is 58.0 Å². The topological polar surface area (TPSA) is 34.1 Å². The number of carbonyl (C=O) groups is 2. The summed E-state index contributed by atoms with van der Waals surface area (Å²) in [5.74, 6) is -0.518. The highest BCUT2D eigenvalue weighted by atomic mass is 35.5. The first-order valence-electron chi connectivity index (χ1n) is 6.17. The number of alkyl halides is 5. The average molecular weight is 362 g/mol. The SMILES string of the molecule is O=C1C(Cl)(Cl)C(Cl)C(=O)C2(Cl)[C@H]3C4CC(C4)[C@H]3C12Cl. The molecule has 5 fully saturated rings. The van der Waals surface area contributed by atoms with Crippen LogP contribution in [0.2, 0.25) is 0 Å². The Balaban J connectivity index is 1.91. The van der Waals surface area contributed by atoms with Crippen LogP contribution in [0.15, 0.2) is 0 Å². The number of hydrogen-bond donors (Lipinski definition) is 0. The maximum Gasteiger partial charge on any atom is 0.201 e. The monoisotopic (exact) mass is 360 g/mol. The molecule has 5 saturated carbocycles. The zero-order valence-electron chi connectivity index (χ0n) is 9.51. The van der Waals surface area contributed by atoms with Gasteiger partial charge >= 0.3 is 0 Å². The van der Waals surface area contributed by atoms with Gasteiger partial charge in [0.15, 0.2) is 11.6 Å². The summed E-state index contributed by atoms with van der Waals surface area (Å²) in [7, 11) is 0. The van der Waals surface area contributed by atoms with Gasteiger partial charge in [0.1, 0.15) is 15.1 Å². The third-order valence-electron chi connectivity index (χ3n) is 5.60. The number of Topliss-reactive ketones (excluding diaryl/α,β-unsaturated/α-hetero) is 2. The van der Waals surface area contributed by atoms with Crippen LogP contribution < -0.4 is 0 Å². The summed E-state index contributed by atoms with van der Waals surface area (Å²) in [6, 6.07) is 0. The normalized spacial score (nSPS) is 61.0. The summed E-state index contributed by atoms with van der Waals surface area (Å²) in [6.07, 6.45) is 1.95. The van der Waals surface area contributed by atoms with Crippen molar-refractivity contribution in [2.24, 2.45) is 23.7 Å². The predicted molar refractivity (Wildman–Crippen MR) is 74.5 cm³/mol. The molecule has 0 aromatic heterocycles. The van der Waals surface area contributed by atoms with E-state index in [9.17, 15) is 9.59 Å². The lowest BCUT2D eigenvalue weighted by atomic mass is 9.50. The zero-order valence-corrected chi connectivity index (χ0v) is 13.3. The Bertz CT molecular complexity index is 528. The van der Waals surface area contributed by atoms with Gasteiger partial charge in [-0.15, -0.1) is 34.8 Å². The maximum absolute atomic E-state index is 12.6. The van der Waals surface area contributed by atoms with Gasteiger partial charge in [0, 0.05) is 0 Å². The van der Waals surface area contributed by atoms with Crippen LogP contribution in [0, 0.1) is 23.7 Å². The van der Waals surface area contributed by atoms with Crippen molar-refractivity contribution < 1.29 is 9.59 Å². The van der Waals surface area contributed by atoms with Gasteiger partial charge in [-0.25, -0.2) is 0 Å². The Hall–Kier alpha value is 0.790. The van der Waals surface area contributed by atoms with Crippen LogP contribution in [0.1, 0.15) is 12.8 Å². The van der Waals surface area contributed by atoms with E-state index < -0.39 is 31.0 Å². The maximum atomic E-state index is 12.6. The summed E-state index contributed by atoms with van der Waals surface area (Å²) in [5, 5.41) is -1.34. The predicted octanol–water partition coefficient (Wildman–Crippen LogP) is 3.16. The van der Waals surface area contributed by atoms with Gasteiger partial charge in [0.05, 0.1) is 0 Å². The molecule has 104 valence electrons. The quantitative estimate of drug-likeness (QED) is 0.621. The molecule has 7 heteroatoms. The first-order valence-corrected chi connectivity index (χ1v) is 8.12. The molecule has 0 radical (unpaired) electrons. The minimum absolute atomic E-state index is 0.0567. The fourth-order valence-corrected chi connectivity index (χ4v) is 7.02. The van der Waals surface area contributed by atoms with Crippen molar-refractivity contribution in [1.29, 1.82) is 0 Å². The highest BCUT2D eigenvalue weighted by Gasteiger charge is 2.89. The molecular weight excluding hydrogens is 353 g/mol. The van der Waals surface area contributed by atoms with Crippen molar-refractivity contribution in [2.45, 2.75) is 32.3 Å². The van der Waals surface area contributed by atoms with Gasteiger partial charge in [0.25, 0.3) is 0 Å². The lowest BCUT2D eigenvalue weighted by Gasteiger charge is -2.63. The molecule has 5 atom stereocenters. The molecule has 0 aliphatic heterocycles. The Morgan fingerprint density at radius 1 is 0.895 bits per heavy atom. The van der Waals surface area contributed by atoms with Crippen molar-refractivity contribution in [3.05, 3.63) is 0 Å². The molecule has 2 bridgehead atoms. The van der Waals surface area contributed by atoms with Gasteiger partial charge < -0.3 is 0 Å². The molecule has 0 saturated heterocycles. The minimum Gasteiger partial charge on any atom is -0.296 e. The van der Waals surface area contributed by atoms with Crippen LogP contribution in [0.25, 0.3) is 0 Å². The summed E-state index contributed by atoms with van der Waals surface area (Å²) >= 11 is 31.0. The van der Waals surface area contributed by atoms with E-state index in [4.69, 9.17) is 58.0 Å². The molecule has 5 rings (SSSR count). The molecule has 2 nitrogen and oxygen atoms in total. The molecule has 0 spiro atoms. The Kier molecular flexibility index (Phi) is 2.41. The van der Waals surface area contributed by atoms with Crippen molar-refractivity contribution in [3.8, 4) is 0 Å². The number of hydrogen-bond acceptors (Lipinski definition) is 2. The first kappa shape index (κ1) is 13.5. The third-order valence-corrected chi connectivity index (χ3v) is 8.69. The van der Waals surface area contributed by atoms with E-state index in [0.717, 1.165) is 12.8 Å². The highest BCUT2D eigenvalue weighted by Crippen LogP contribution is 2.79. The zero-order chi connectivity index (χ0) is 14.0. The molecule has 3 unspecified atom stereocenters. The summed E-state index contributed by atoms with van der Waals surface area (Å²) in [5.41, 5.74) is 0. The second-order valence-corrected chi connectivity index (χ2v) is 9.16. The fraction of sp³-hybridized carbons (Fsp3) is 0.833. The van der Waals surface area contributed by atoms with Gasteiger partial charge in [-0.05, 0) is 36.5 Å². The number of halogens is 5. The Morgan fingerprint density at radius 3 is 1.89 bits per heavy atom. The highest BCUT2D eigenvalue weighted by molar-refractivity contribution is 6.71.